The molecule has 5 heavy (non-hydrogen) atoms. The zero-order valence-electron chi connectivity index (χ0n) is 3.36. The van der Waals surface area contributed by atoms with Crippen molar-refractivity contribution in [2.75, 3.05) is 0 Å². The fraction of sp³-hybridized carbons (Fsp3) is 0.667. The third-order valence-electron chi connectivity index (χ3n) is 0. The van der Waals surface area contributed by atoms with Gasteiger partial charge in [0.2, 0.25) is 0 Å². The Hall–Kier alpha value is -0.0800. The van der Waals surface area contributed by atoms with Gasteiger partial charge in [0, 0.05) is 0 Å². The lowest BCUT2D eigenvalue weighted by Gasteiger charge is -2.06. The van der Waals surface area contributed by atoms with Crippen LogP contribution in [0.3, 0.4) is 0 Å². The number of nitrogens with two attached hydrogens (primary N) is 2. The standard InChI is InChI=1S/C3H9N2/c1-3(2,4)5/h1,4-5H2,2H3. The third kappa shape index (κ3) is 2260. The minimum absolute atomic E-state index is 0.750. The lowest BCUT2D eigenvalue weighted by molar-refractivity contribution is 0.613. The SMILES string of the molecule is [CH2]C(C)(N)N. The van der Waals surface area contributed by atoms with Gasteiger partial charge < -0.3 is 11.5 Å². The molecule has 0 fully saturated rings. The van der Waals surface area contributed by atoms with E-state index >= 15 is 0 Å². The van der Waals surface area contributed by atoms with Crippen LogP contribution in [0, 0.1) is 6.92 Å². The first kappa shape index (κ1) is 4.92. The second-order valence-electron chi connectivity index (χ2n) is 1.51. The molecule has 0 saturated carbocycles. The predicted octanol–water partition coefficient (Wildman–Crippen LogP) is -0.546. The summed E-state index contributed by atoms with van der Waals surface area (Å²) in [5.41, 5.74) is 9.29. The van der Waals surface area contributed by atoms with E-state index < -0.39 is 5.66 Å². The maximum atomic E-state index is 5.02. The number of hydrogen-bond donors (Lipinski definition) is 2. The van der Waals surface area contributed by atoms with Crippen LogP contribution >= 0.6 is 0 Å². The lowest BCUT2D eigenvalue weighted by atomic mass is 10.3. The van der Waals surface area contributed by atoms with Crippen LogP contribution in [0.15, 0.2) is 0 Å². The van der Waals surface area contributed by atoms with E-state index in [1.807, 2.05) is 0 Å². The monoisotopic (exact) mass is 73.1 g/mol. The van der Waals surface area contributed by atoms with Gasteiger partial charge in [0.25, 0.3) is 0 Å². The first-order valence-corrected chi connectivity index (χ1v) is 1.43. The van der Waals surface area contributed by atoms with Crippen molar-refractivity contribution in [1.82, 2.24) is 0 Å². The summed E-state index contributed by atoms with van der Waals surface area (Å²) in [5, 5.41) is 0. The Balaban J connectivity index is 3.02. The van der Waals surface area contributed by atoms with Crippen molar-refractivity contribution in [3.63, 3.8) is 0 Å². The maximum absolute atomic E-state index is 5.02. The highest BCUT2D eigenvalue weighted by Crippen LogP contribution is 1.75. The summed E-state index contributed by atoms with van der Waals surface area (Å²) < 4.78 is 0. The highest BCUT2D eigenvalue weighted by molar-refractivity contribution is 4.70. The van der Waals surface area contributed by atoms with E-state index in [2.05, 4.69) is 6.92 Å². The Morgan fingerprint density at radius 1 is 1.60 bits per heavy atom. The molecule has 0 saturated heterocycles. The maximum Gasteiger partial charge on any atom is 0.0608 e. The fourth-order valence-electron chi connectivity index (χ4n) is 0. The van der Waals surface area contributed by atoms with Gasteiger partial charge in [-0.05, 0) is 13.8 Å². The highest BCUT2D eigenvalue weighted by atomic mass is 14.9. The molecule has 0 aliphatic rings. The summed E-state index contributed by atoms with van der Waals surface area (Å²) in [7, 11) is 0. The molecule has 1 radical (unpaired) electrons. The minimum atomic E-state index is -0.750. The minimum Gasteiger partial charge on any atom is -0.314 e. The van der Waals surface area contributed by atoms with E-state index in [-0.39, 0.29) is 0 Å². The van der Waals surface area contributed by atoms with Crippen molar-refractivity contribution in [2.45, 2.75) is 12.6 Å². The topological polar surface area (TPSA) is 52.0 Å². The largest absolute Gasteiger partial charge is 0.314 e. The van der Waals surface area contributed by atoms with Crippen molar-refractivity contribution in [2.24, 2.45) is 11.5 Å². The van der Waals surface area contributed by atoms with Crippen LogP contribution in [0.5, 0.6) is 0 Å². The van der Waals surface area contributed by atoms with Crippen molar-refractivity contribution in [3.8, 4) is 0 Å². The van der Waals surface area contributed by atoms with Crippen LogP contribution in [-0.2, 0) is 0 Å². The van der Waals surface area contributed by atoms with E-state index in [9.17, 15) is 0 Å². The molecule has 2 heteroatoms. The molecule has 0 bridgehead atoms. The van der Waals surface area contributed by atoms with E-state index in [1.54, 1.807) is 6.92 Å². The smallest absolute Gasteiger partial charge is 0.0608 e. The first-order chi connectivity index (χ1) is 2.00. The molecular weight excluding hydrogens is 64.0 g/mol. The van der Waals surface area contributed by atoms with Crippen LogP contribution in [0.2, 0.25) is 0 Å². The van der Waals surface area contributed by atoms with Crippen LogP contribution in [0.1, 0.15) is 6.92 Å². The highest BCUT2D eigenvalue weighted by Gasteiger charge is 1.95. The lowest BCUT2D eigenvalue weighted by Crippen LogP contribution is -2.42. The summed E-state index contributed by atoms with van der Waals surface area (Å²) in [5.74, 6) is 0. The van der Waals surface area contributed by atoms with Gasteiger partial charge in [-0.3, -0.25) is 0 Å². The zero-order chi connectivity index (χ0) is 4.50. The summed E-state index contributed by atoms with van der Waals surface area (Å²) in [6, 6.07) is 0. The van der Waals surface area contributed by atoms with Gasteiger partial charge in [-0.2, -0.15) is 0 Å². The number of hydrogen-bond acceptors (Lipinski definition) is 2. The van der Waals surface area contributed by atoms with E-state index in [1.165, 1.54) is 0 Å². The quantitative estimate of drug-likeness (QED) is 0.378. The molecule has 31 valence electrons. The average molecular weight is 73.1 g/mol. The summed E-state index contributed by atoms with van der Waals surface area (Å²) in [6.45, 7) is 4.96. The van der Waals surface area contributed by atoms with Crippen LogP contribution < -0.4 is 11.5 Å². The van der Waals surface area contributed by atoms with Gasteiger partial charge in [-0.15, -0.1) is 0 Å². The molecule has 0 rings (SSSR count). The second kappa shape index (κ2) is 0.954. The normalized spacial score (nSPS) is 12.0. The molecule has 0 aliphatic heterocycles. The third-order valence-corrected chi connectivity index (χ3v) is 0. The summed E-state index contributed by atoms with van der Waals surface area (Å²) in [4.78, 5) is 0. The molecular formula is C3H9N2. The molecule has 0 aromatic rings. The fourth-order valence-corrected chi connectivity index (χ4v) is 0. The zero-order valence-corrected chi connectivity index (χ0v) is 3.36. The molecule has 2 nitrogen and oxygen atoms in total. The second-order valence-corrected chi connectivity index (χ2v) is 1.51. The van der Waals surface area contributed by atoms with Crippen LogP contribution in [-0.4, -0.2) is 5.66 Å². The van der Waals surface area contributed by atoms with Gasteiger partial charge in [0.05, 0.1) is 5.66 Å². The Morgan fingerprint density at radius 2 is 1.60 bits per heavy atom. The van der Waals surface area contributed by atoms with Gasteiger partial charge in [0.15, 0.2) is 0 Å². The molecule has 0 aliphatic carbocycles. The van der Waals surface area contributed by atoms with Gasteiger partial charge in [-0.1, -0.05) is 0 Å². The number of rotatable bonds is 0. The van der Waals surface area contributed by atoms with E-state index in [0.717, 1.165) is 0 Å². The van der Waals surface area contributed by atoms with Crippen LogP contribution in [0.4, 0.5) is 0 Å². The van der Waals surface area contributed by atoms with Gasteiger partial charge >= 0.3 is 0 Å². The molecule has 0 heterocycles. The van der Waals surface area contributed by atoms with Gasteiger partial charge in [0.1, 0.15) is 0 Å². The average Bonchev–Trinajstić information content (AvgIpc) is 0.722. The Labute approximate surface area is 32.1 Å². The van der Waals surface area contributed by atoms with Crippen molar-refractivity contribution < 1.29 is 0 Å². The molecule has 0 spiro atoms. The first-order valence-electron chi connectivity index (χ1n) is 1.43. The van der Waals surface area contributed by atoms with Gasteiger partial charge in [-0.25, -0.2) is 0 Å². The predicted molar refractivity (Wildman–Crippen MR) is 22.1 cm³/mol. The van der Waals surface area contributed by atoms with E-state index in [4.69, 9.17) is 11.5 Å². The molecule has 0 amide bonds. The molecule has 0 unspecified atom stereocenters. The Kier molecular flexibility index (Phi) is 0.938. The molecule has 0 aromatic heterocycles. The van der Waals surface area contributed by atoms with Crippen molar-refractivity contribution >= 4 is 0 Å². The molecule has 0 atom stereocenters. The molecule has 0 aromatic carbocycles. The Morgan fingerprint density at radius 3 is 1.60 bits per heavy atom. The summed E-state index contributed by atoms with van der Waals surface area (Å²) in [6.07, 6.45) is 0. The Bertz CT molecular complexity index is 20.4. The van der Waals surface area contributed by atoms with Crippen molar-refractivity contribution in [1.29, 1.82) is 0 Å². The summed E-state index contributed by atoms with van der Waals surface area (Å²) >= 11 is 0. The van der Waals surface area contributed by atoms with Crippen LogP contribution in [0.25, 0.3) is 0 Å². The van der Waals surface area contributed by atoms with Crippen molar-refractivity contribution in [3.05, 3.63) is 6.92 Å². The molecule has 4 N–H and O–H groups in total. The van der Waals surface area contributed by atoms with E-state index in [0.29, 0.717) is 0 Å².